The Labute approximate surface area is 190 Å². The van der Waals surface area contributed by atoms with Crippen molar-refractivity contribution in [2.75, 3.05) is 13.2 Å². The second-order valence-corrected chi connectivity index (χ2v) is 15.2. The van der Waals surface area contributed by atoms with Crippen LogP contribution in [-0.4, -0.2) is 48.9 Å². The van der Waals surface area contributed by atoms with Crippen LogP contribution >= 0.6 is 11.6 Å². The number of hydrogen-bond acceptors (Lipinski definition) is 3. The Morgan fingerprint density at radius 3 is 2.30 bits per heavy atom. The molecule has 1 aromatic rings. The van der Waals surface area contributed by atoms with E-state index in [0.29, 0.717) is 19.5 Å². The van der Waals surface area contributed by atoms with Gasteiger partial charge in [-0.25, -0.2) is 0 Å². The van der Waals surface area contributed by atoms with Crippen LogP contribution < -0.4 is 0 Å². The van der Waals surface area contributed by atoms with Crippen LogP contribution in [0.5, 0.6) is 0 Å². The molecule has 30 heavy (non-hydrogen) atoms. The molecule has 0 fully saturated rings. The van der Waals surface area contributed by atoms with Gasteiger partial charge in [0.05, 0.1) is 6.10 Å². The van der Waals surface area contributed by atoms with Gasteiger partial charge >= 0.3 is 0 Å². The van der Waals surface area contributed by atoms with Crippen molar-refractivity contribution in [3.8, 4) is 0 Å². The molecule has 0 aliphatic carbocycles. The number of aliphatic hydroxyl groups excluding tert-OH is 1. The fraction of sp³-hybridized carbons (Fsp3) is 0.708. The number of halogens is 1. The van der Waals surface area contributed by atoms with Gasteiger partial charge in [0.25, 0.3) is 0 Å². The van der Waals surface area contributed by atoms with Crippen LogP contribution in [0.3, 0.4) is 0 Å². The summed E-state index contributed by atoms with van der Waals surface area (Å²) in [5.74, 6) is -0.137. The van der Waals surface area contributed by atoms with Crippen LogP contribution in [0.1, 0.15) is 65.4 Å². The number of carbonyl (C=O) groups is 1. The summed E-state index contributed by atoms with van der Waals surface area (Å²) in [6, 6.07) is 9.82. The zero-order valence-electron chi connectivity index (χ0n) is 19.8. The Morgan fingerprint density at radius 1 is 1.13 bits per heavy atom. The number of benzene rings is 1. The van der Waals surface area contributed by atoms with E-state index in [9.17, 15) is 9.90 Å². The molecule has 2 unspecified atom stereocenters. The number of aliphatic hydroxyl groups is 1. The van der Waals surface area contributed by atoms with Crippen molar-refractivity contribution >= 4 is 25.8 Å². The first kappa shape index (κ1) is 27.2. The predicted molar refractivity (Wildman–Crippen MR) is 129 cm³/mol. The van der Waals surface area contributed by atoms with Crippen molar-refractivity contribution in [1.82, 2.24) is 4.90 Å². The third-order valence-electron chi connectivity index (χ3n) is 6.00. The maximum atomic E-state index is 12.5. The molecule has 0 saturated carbocycles. The molecule has 0 spiro atoms. The van der Waals surface area contributed by atoms with Gasteiger partial charge in [-0.15, -0.1) is 11.6 Å². The van der Waals surface area contributed by atoms with Gasteiger partial charge in [-0.05, 0) is 43.5 Å². The molecule has 1 N–H and O–H groups in total. The monoisotopic (exact) mass is 455 g/mol. The SMILES string of the molecule is CC(Cl)C(=O)N(Cc1ccccc1)CC(O)CCCCCCO[Si](C)(C)C(C)(C)C. The van der Waals surface area contributed by atoms with Gasteiger partial charge in [0.1, 0.15) is 5.38 Å². The highest BCUT2D eigenvalue weighted by atomic mass is 35.5. The molecule has 0 aliphatic heterocycles. The van der Waals surface area contributed by atoms with Gasteiger partial charge in [-0.1, -0.05) is 70.4 Å². The largest absolute Gasteiger partial charge is 0.417 e. The third kappa shape index (κ3) is 9.95. The average molecular weight is 456 g/mol. The lowest BCUT2D eigenvalue weighted by atomic mass is 10.1. The first-order valence-electron chi connectivity index (χ1n) is 11.2. The smallest absolute Gasteiger partial charge is 0.240 e. The molecule has 0 aromatic heterocycles. The van der Waals surface area contributed by atoms with Crippen molar-refractivity contribution in [2.45, 2.75) is 96.0 Å². The van der Waals surface area contributed by atoms with Gasteiger partial charge in [0.2, 0.25) is 5.91 Å². The summed E-state index contributed by atoms with van der Waals surface area (Å²) in [6.45, 7) is 14.7. The number of unbranched alkanes of at least 4 members (excludes halogenated alkanes) is 3. The summed E-state index contributed by atoms with van der Waals surface area (Å²) in [5, 5.41) is 10.1. The maximum absolute atomic E-state index is 12.5. The maximum Gasteiger partial charge on any atom is 0.240 e. The zero-order valence-corrected chi connectivity index (χ0v) is 21.5. The molecule has 1 amide bonds. The highest BCUT2D eigenvalue weighted by Gasteiger charge is 2.36. The summed E-state index contributed by atoms with van der Waals surface area (Å²) < 4.78 is 6.21. The Kier molecular flexibility index (Phi) is 11.6. The summed E-state index contributed by atoms with van der Waals surface area (Å²) >= 11 is 6.03. The number of alkyl halides is 1. The zero-order chi connectivity index (χ0) is 22.8. The lowest BCUT2D eigenvalue weighted by molar-refractivity contribution is -0.132. The Morgan fingerprint density at radius 2 is 1.73 bits per heavy atom. The van der Waals surface area contributed by atoms with E-state index in [2.05, 4.69) is 33.9 Å². The molecule has 0 heterocycles. The number of amides is 1. The Balaban J connectivity index is 2.33. The molecule has 0 saturated heterocycles. The van der Waals surface area contributed by atoms with Crippen LogP contribution in [-0.2, 0) is 15.8 Å². The molecule has 172 valence electrons. The van der Waals surface area contributed by atoms with Crippen LogP contribution in [0.25, 0.3) is 0 Å². The first-order chi connectivity index (χ1) is 13.9. The number of nitrogens with zero attached hydrogens (tertiary/aromatic N) is 1. The van der Waals surface area contributed by atoms with Gasteiger partial charge in [-0.3, -0.25) is 4.79 Å². The minimum absolute atomic E-state index is 0.137. The molecule has 0 radical (unpaired) electrons. The topological polar surface area (TPSA) is 49.8 Å². The van der Waals surface area contributed by atoms with Crippen LogP contribution in [0.15, 0.2) is 30.3 Å². The van der Waals surface area contributed by atoms with Crippen molar-refractivity contribution in [3.05, 3.63) is 35.9 Å². The number of rotatable bonds is 13. The molecule has 1 aromatic carbocycles. The molecule has 1 rings (SSSR count). The van der Waals surface area contributed by atoms with Crippen molar-refractivity contribution in [1.29, 1.82) is 0 Å². The van der Waals surface area contributed by atoms with Gasteiger partial charge < -0.3 is 14.4 Å². The van der Waals surface area contributed by atoms with Crippen LogP contribution in [0.2, 0.25) is 18.1 Å². The van der Waals surface area contributed by atoms with Crippen LogP contribution in [0.4, 0.5) is 0 Å². The van der Waals surface area contributed by atoms with Crippen molar-refractivity contribution < 1.29 is 14.3 Å². The number of hydrogen-bond donors (Lipinski definition) is 1. The van der Waals surface area contributed by atoms with E-state index in [-0.39, 0.29) is 10.9 Å². The molecule has 4 nitrogen and oxygen atoms in total. The van der Waals surface area contributed by atoms with E-state index in [0.717, 1.165) is 37.9 Å². The van der Waals surface area contributed by atoms with Crippen molar-refractivity contribution in [2.24, 2.45) is 0 Å². The lowest BCUT2D eigenvalue weighted by Crippen LogP contribution is -2.40. The molecule has 0 aliphatic rings. The standard InChI is InChI=1S/C24H42ClNO3Si/c1-20(25)23(28)26(18-21-14-10-9-11-15-21)19-22(27)16-12-7-8-13-17-29-30(5,6)24(2,3)4/h9-11,14-15,20,22,27H,7-8,12-13,16-19H2,1-6H3. The summed E-state index contributed by atoms with van der Waals surface area (Å²) in [4.78, 5) is 14.1. The highest BCUT2D eigenvalue weighted by Crippen LogP contribution is 2.36. The molecule has 0 bridgehead atoms. The normalized spacial score (nSPS) is 14.4. The second kappa shape index (κ2) is 12.8. The van der Waals surface area contributed by atoms with Crippen molar-refractivity contribution in [3.63, 3.8) is 0 Å². The van der Waals surface area contributed by atoms with E-state index >= 15 is 0 Å². The van der Waals surface area contributed by atoms with Gasteiger partial charge in [-0.2, -0.15) is 0 Å². The summed E-state index contributed by atoms with van der Waals surface area (Å²) in [7, 11) is -1.65. The second-order valence-electron chi connectivity index (χ2n) is 9.79. The fourth-order valence-electron chi connectivity index (χ4n) is 3.01. The van der Waals surface area contributed by atoms with E-state index in [1.54, 1.807) is 11.8 Å². The van der Waals surface area contributed by atoms with Crippen LogP contribution in [0, 0.1) is 0 Å². The molecular formula is C24H42ClNO3Si. The van der Waals surface area contributed by atoms with E-state index in [4.69, 9.17) is 16.0 Å². The fourth-order valence-corrected chi connectivity index (χ4v) is 4.24. The average Bonchev–Trinajstić information content (AvgIpc) is 2.65. The molecular weight excluding hydrogens is 414 g/mol. The minimum Gasteiger partial charge on any atom is -0.417 e. The molecule has 6 heteroatoms. The predicted octanol–water partition coefficient (Wildman–Crippen LogP) is 5.98. The first-order valence-corrected chi connectivity index (χ1v) is 14.6. The lowest BCUT2D eigenvalue weighted by Gasteiger charge is -2.36. The third-order valence-corrected chi connectivity index (χ3v) is 10.7. The minimum atomic E-state index is -1.65. The Hall–Kier alpha value is -0.883. The summed E-state index contributed by atoms with van der Waals surface area (Å²) in [5.41, 5.74) is 1.04. The number of carbonyl (C=O) groups excluding carboxylic acids is 1. The molecule has 2 atom stereocenters. The van der Waals surface area contributed by atoms with E-state index in [1.165, 1.54) is 0 Å². The van der Waals surface area contributed by atoms with E-state index < -0.39 is 19.8 Å². The Bertz CT molecular complexity index is 617. The summed E-state index contributed by atoms with van der Waals surface area (Å²) in [6.07, 6.45) is 4.34. The highest BCUT2D eigenvalue weighted by molar-refractivity contribution is 6.74. The van der Waals surface area contributed by atoms with Gasteiger partial charge in [0.15, 0.2) is 8.32 Å². The van der Waals surface area contributed by atoms with E-state index in [1.807, 2.05) is 30.3 Å². The van der Waals surface area contributed by atoms with Gasteiger partial charge in [0, 0.05) is 19.7 Å². The quantitative estimate of drug-likeness (QED) is 0.226.